The first-order chi connectivity index (χ1) is 14.6. The number of rotatable bonds is 8. The molecular weight excluding hydrogens is 440 g/mol. The molecule has 9 nitrogen and oxygen atoms in total. The number of piperidine rings is 1. The molecule has 1 atom stereocenters. The number of carbonyl (C=O) groups excluding carboxylic acids is 1. The van der Waals surface area contributed by atoms with E-state index in [0.29, 0.717) is 44.5 Å². The van der Waals surface area contributed by atoms with E-state index in [9.17, 15) is 21.6 Å². The fraction of sp³-hybridized carbons (Fsp3) is 0.600. The number of benzene rings is 1. The second-order valence-electron chi connectivity index (χ2n) is 8.09. The van der Waals surface area contributed by atoms with Crippen LogP contribution in [0.3, 0.4) is 0 Å². The van der Waals surface area contributed by atoms with Crippen molar-refractivity contribution in [2.75, 3.05) is 25.9 Å². The van der Waals surface area contributed by atoms with Crippen LogP contribution < -0.4 is 10.0 Å². The van der Waals surface area contributed by atoms with E-state index in [0.717, 1.165) is 12.8 Å². The van der Waals surface area contributed by atoms with E-state index in [1.807, 2.05) is 6.92 Å². The van der Waals surface area contributed by atoms with Crippen LogP contribution in [-0.4, -0.2) is 64.8 Å². The van der Waals surface area contributed by atoms with E-state index in [2.05, 4.69) is 15.0 Å². The molecule has 1 aromatic carbocycles. The Labute approximate surface area is 184 Å². The highest BCUT2D eigenvalue weighted by Gasteiger charge is 2.32. The summed E-state index contributed by atoms with van der Waals surface area (Å²) in [5.74, 6) is 0.163. The highest BCUT2D eigenvalue weighted by atomic mass is 32.2. The molecule has 0 aliphatic carbocycles. The Hall–Kier alpha value is -1.98. The molecule has 1 fully saturated rings. The fourth-order valence-electron chi connectivity index (χ4n) is 3.85. The summed E-state index contributed by atoms with van der Waals surface area (Å²) in [4.78, 5) is 17.5. The first-order valence-electron chi connectivity index (χ1n) is 10.5. The average Bonchev–Trinajstić information content (AvgIpc) is 2.99. The van der Waals surface area contributed by atoms with Gasteiger partial charge in [0.05, 0.1) is 11.2 Å². The predicted octanol–water partition coefficient (Wildman–Crippen LogP) is 1.07. The van der Waals surface area contributed by atoms with Crippen molar-refractivity contribution in [3.63, 3.8) is 0 Å². The highest BCUT2D eigenvalue weighted by molar-refractivity contribution is 7.90. The molecule has 0 saturated carbocycles. The topological polar surface area (TPSA) is 125 Å². The van der Waals surface area contributed by atoms with Crippen LogP contribution in [0.1, 0.15) is 44.6 Å². The number of nitrogens with one attached hydrogen (secondary N) is 2. The van der Waals surface area contributed by atoms with Crippen molar-refractivity contribution in [1.29, 1.82) is 0 Å². The molecule has 1 saturated heterocycles. The third-order valence-corrected chi connectivity index (χ3v) is 8.39. The summed E-state index contributed by atoms with van der Waals surface area (Å²) in [7, 11) is -6.84. The molecule has 1 unspecified atom stereocenters. The maximum Gasteiger partial charge on any atom is 0.263 e. The minimum atomic E-state index is -3.66. The van der Waals surface area contributed by atoms with Crippen molar-refractivity contribution in [2.24, 2.45) is 10.9 Å². The fourth-order valence-corrected chi connectivity index (χ4v) is 5.96. The van der Waals surface area contributed by atoms with Gasteiger partial charge in [-0.3, -0.25) is 14.5 Å². The lowest BCUT2D eigenvalue weighted by Gasteiger charge is -2.30. The monoisotopic (exact) mass is 470 g/mol. The van der Waals surface area contributed by atoms with Crippen LogP contribution in [0, 0.1) is 5.92 Å². The van der Waals surface area contributed by atoms with E-state index in [1.165, 1.54) is 16.6 Å². The number of amidine groups is 1. The van der Waals surface area contributed by atoms with Gasteiger partial charge in [-0.1, -0.05) is 31.9 Å². The minimum absolute atomic E-state index is 0.168. The third-order valence-electron chi connectivity index (χ3n) is 5.69. The zero-order chi connectivity index (χ0) is 22.6. The van der Waals surface area contributed by atoms with Crippen molar-refractivity contribution < 1.29 is 21.6 Å². The van der Waals surface area contributed by atoms with Crippen LogP contribution in [0.5, 0.6) is 0 Å². The number of unbranched alkanes of at least 4 members (excludes halogenated alkanes) is 1. The molecule has 1 aromatic rings. The average molecular weight is 471 g/mol. The Morgan fingerprint density at radius 2 is 1.97 bits per heavy atom. The van der Waals surface area contributed by atoms with E-state index >= 15 is 0 Å². The third kappa shape index (κ3) is 5.83. The number of hydrogen-bond donors (Lipinski definition) is 2. The Bertz CT molecular complexity index is 1050. The molecule has 11 heteroatoms. The van der Waals surface area contributed by atoms with Crippen LogP contribution >= 0.6 is 0 Å². The lowest BCUT2D eigenvalue weighted by molar-refractivity contribution is -0.122. The summed E-state index contributed by atoms with van der Waals surface area (Å²) in [5.41, 5.74) is 0.477. The van der Waals surface area contributed by atoms with Crippen molar-refractivity contribution >= 4 is 31.8 Å². The number of amides is 1. The van der Waals surface area contributed by atoms with Crippen molar-refractivity contribution in [2.45, 2.75) is 50.0 Å². The summed E-state index contributed by atoms with van der Waals surface area (Å²) in [6.07, 6.45) is 4.78. The maximum atomic E-state index is 12.9. The van der Waals surface area contributed by atoms with Gasteiger partial charge >= 0.3 is 0 Å². The van der Waals surface area contributed by atoms with Crippen LogP contribution in [0.15, 0.2) is 34.2 Å². The SMILES string of the molecule is CCCCC(N=C1NS(=O)(=O)c2ccccc21)C(=O)NCC1CCN(S(C)(=O)=O)CC1. The van der Waals surface area contributed by atoms with Crippen LogP contribution in [0.2, 0.25) is 0 Å². The van der Waals surface area contributed by atoms with Gasteiger partial charge in [0.1, 0.15) is 11.9 Å². The summed E-state index contributed by atoms with van der Waals surface area (Å²) >= 11 is 0. The minimum Gasteiger partial charge on any atom is -0.354 e. The van der Waals surface area contributed by atoms with Gasteiger partial charge in [-0.15, -0.1) is 0 Å². The summed E-state index contributed by atoms with van der Waals surface area (Å²) in [6, 6.07) is 5.89. The van der Waals surface area contributed by atoms with Gasteiger partial charge in [-0.25, -0.2) is 21.1 Å². The smallest absolute Gasteiger partial charge is 0.263 e. The zero-order valence-electron chi connectivity index (χ0n) is 17.9. The molecule has 2 aliphatic heterocycles. The van der Waals surface area contributed by atoms with Crippen molar-refractivity contribution in [1.82, 2.24) is 14.3 Å². The number of hydrogen-bond acceptors (Lipinski definition) is 6. The number of fused-ring (bicyclic) bond motifs is 1. The van der Waals surface area contributed by atoms with E-state index in [4.69, 9.17) is 0 Å². The van der Waals surface area contributed by atoms with Gasteiger partial charge in [0, 0.05) is 25.2 Å². The summed E-state index contributed by atoms with van der Waals surface area (Å²) in [6.45, 7) is 3.39. The molecule has 2 heterocycles. The van der Waals surface area contributed by atoms with Crippen molar-refractivity contribution in [3.05, 3.63) is 29.8 Å². The first-order valence-corrected chi connectivity index (χ1v) is 13.9. The van der Waals surface area contributed by atoms with Gasteiger partial charge in [0.2, 0.25) is 15.9 Å². The summed E-state index contributed by atoms with van der Waals surface area (Å²) < 4.78 is 51.8. The molecule has 31 heavy (non-hydrogen) atoms. The Balaban J connectivity index is 1.66. The molecule has 0 radical (unpaired) electrons. The Morgan fingerprint density at radius 1 is 1.29 bits per heavy atom. The molecule has 3 rings (SSSR count). The van der Waals surface area contributed by atoms with Gasteiger partial charge in [0.15, 0.2) is 0 Å². The van der Waals surface area contributed by atoms with Gasteiger partial charge in [0.25, 0.3) is 10.0 Å². The number of aliphatic imine (C=N–C) groups is 1. The molecule has 0 bridgehead atoms. The number of sulfonamides is 2. The standard InChI is InChI=1S/C20H30N4O5S2/c1-3-4-8-17(22-19-16-7-5-6-9-18(16)31(28,29)23-19)20(25)21-14-15-10-12-24(13-11-15)30(2,26)27/h5-7,9,15,17H,3-4,8,10-14H2,1-2H3,(H,21,25)(H,22,23). The lowest BCUT2D eigenvalue weighted by atomic mass is 9.98. The van der Waals surface area contributed by atoms with E-state index in [1.54, 1.807) is 18.2 Å². The largest absolute Gasteiger partial charge is 0.354 e. The summed E-state index contributed by atoms with van der Waals surface area (Å²) in [5, 5.41) is 2.94. The normalized spacial score (nSPS) is 21.4. The lowest BCUT2D eigenvalue weighted by Crippen LogP contribution is -2.43. The maximum absolute atomic E-state index is 12.9. The molecule has 0 spiro atoms. The molecule has 2 aliphatic rings. The molecule has 2 N–H and O–H groups in total. The van der Waals surface area contributed by atoms with Crippen LogP contribution in [0.4, 0.5) is 0 Å². The van der Waals surface area contributed by atoms with E-state index < -0.39 is 26.1 Å². The second-order valence-corrected chi connectivity index (χ2v) is 11.7. The molecule has 1 amide bonds. The van der Waals surface area contributed by atoms with E-state index in [-0.39, 0.29) is 22.6 Å². The Kier molecular flexibility index (Phi) is 7.38. The zero-order valence-corrected chi connectivity index (χ0v) is 19.5. The molecule has 0 aromatic heterocycles. The van der Waals surface area contributed by atoms with Gasteiger partial charge in [-0.05, 0) is 37.3 Å². The van der Waals surface area contributed by atoms with Gasteiger partial charge in [-0.2, -0.15) is 0 Å². The van der Waals surface area contributed by atoms with Crippen molar-refractivity contribution in [3.8, 4) is 0 Å². The highest BCUT2D eigenvalue weighted by Crippen LogP contribution is 2.23. The molecular formula is C20H30N4O5S2. The quantitative estimate of drug-likeness (QED) is 0.588. The van der Waals surface area contributed by atoms with Crippen LogP contribution in [-0.2, 0) is 24.8 Å². The molecule has 172 valence electrons. The number of carbonyl (C=O) groups is 1. The van der Waals surface area contributed by atoms with Crippen LogP contribution in [0.25, 0.3) is 0 Å². The first kappa shape index (κ1) is 23.7. The van der Waals surface area contributed by atoms with Gasteiger partial charge < -0.3 is 5.32 Å². The Morgan fingerprint density at radius 3 is 2.61 bits per heavy atom. The number of nitrogens with zero attached hydrogens (tertiary/aromatic N) is 2. The second kappa shape index (κ2) is 9.66. The predicted molar refractivity (Wildman–Crippen MR) is 119 cm³/mol.